The summed E-state index contributed by atoms with van der Waals surface area (Å²) < 4.78 is 2.36. The van der Waals surface area contributed by atoms with Gasteiger partial charge in [-0.1, -0.05) is 37.8 Å². The number of hydrogen-bond acceptors (Lipinski definition) is 1. The van der Waals surface area contributed by atoms with E-state index in [1.165, 1.54) is 25.7 Å². The van der Waals surface area contributed by atoms with Crippen LogP contribution in [-0.2, 0) is 13.0 Å². The lowest BCUT2D eigenvalue weighted by Gasteiger charge is -2.29. The average Bonchev–Trinajstić information content (AvgIpc) is 2.79. The van der Waals surface area contributed by atoms with Crippen LogP contribution in [0.25, 0.3) is 11.0 Å². The normalized spacial score (nSPS) is 22.8. The van der Waals surface area contributed by atoms with E-state index in [9.17, 15) is 0 Å². The van der Waals surface area contributed by atoms with Crippen LogP contribution in [0.4, 0.5) is 0 Å². The molecule has 0 amide bonds. The molecule has 0 spiro atoms. The van der Waals surface area contributed by atoms with E-state index < -0.39 is 0 Å². The number of hydrogen-bond donors (Lipinski definition) is 0. The minimum absolute atomic E-state index is 0.608. The van der Waals surface area contributed by atoms with E-state index in [0.717, 1.165) is 46.7 Å². The Morgan fingerprint density at radius 2 is 2.10 bits per heavy atom. The van der Waals surface area contributed by atoms with Gasteiger partial charge in [0.15, 0.2) is 0 Å². The highest BCUT2D eigenvalue weighted by molar-refractivity contribution is 6.31. The summed E-state index contributed by atoms with van der Waals surface area (Å²) in [6, 6.07) is 5.96. The van der Waals surface area contributed by atoms with Crippen LogP contribution in [0.3, 0.4) is 0 Å². The second-order valence-electron chi connectivity index (χ2n) is 6.23. The monoisotopic (exact) mass is 324 g/mol. The van der Waals surface area contributed by atoms with Crippen LogP contribution in [0.2, 0.25) is 5.02 Å². The van der Waals surface area contributed by atoms with Crippen LogP contribution in [-0.4, -0.2) is 15.4 Å². The van der Waals surface area contributed by atoms with Gasteiger partial charge in [0.1, 0.15) is 5.82 Å². The van der Waals surface area contributed by atoms with Crippen LogP contribution in [0, 0.1) is 11.8 Å². The summed E-state index contributed by atoms with van der Waals surface area (Å²) in [6.07, 6.45) is 6.22. The number of alkyl halides is 1. The Labute approximate surface area is 136 Å². The molecular formula is C17H22Cl2N2. The smallest absolute Gasteiger partial charge is 0.111 e. The zero-order chi connectivity index (χ0) is 14.8. The Balaban J connectivity index is 1.97. The predicted molar refractivity (Wildman–Crippen MR) is 90.3 cm³/mol. The summed E-state index contributed by atoms with van der Waals surface area (Å²) in [6.45, 7) is 3.43. The highest BCUT2D eigenvalue weighted by atomic mass is 35.5. The molecule has 0 radical (unpaired) electrons. The van der Waals surface area contributed by atoms with E-state index >= 15 is 0 Å². The molecule has 0 aliphatic heterocycles. The van der Waals surface area contributed by atoms with Gasteiger partial charge in [-0.2, -0.15) is 0 Å². The molecule has 0 saturated heterocycles. The maximum atomic E-state index is 6.18. The first-order valence-electron chi connectivity index (χ1n) is 7.89. The lowest BCUT2D eigenvalue weighted by Crippen LogP contribution is -2.23. The number of fused-ring (bicyclic) bond motifs is 1. The number of aryl methyl sites for hydroxylation is 1. The SMILES string of the molecule is CC1CCCCC1Cn1c(CCCl)nc2ccc(Cl)cc21. The molecule has 3 rings (SSSR count). The van der Waals surface area contributed by atoms with Crippen LogP contribution >= 0.6 is 23.2 Å². The summed E-state index contributed by atoms with van der Waals surface area (Å²) in [5, 5.41) is 0.776. The first kappa shape index (κ1) is 15.2. The number of halogens is 2. The number of imidazole rings is 1. The van der Waals surface area contributed by atoms with Gasteiger partial charge in [0.2, 0.25) is 0 Å². The molecule has 1 fully saturated rings. The third kappa shape index (κ3) is 3.22. The summed E-state index contributed by atoms with van der Waals surface area (Å²) >= 11 is 12.1. The fourth-order valence-corrected chi connectivity index (χ4v) is 3.86. The van der Waals surface area contributed by atoms with Crippen molar-refractivity contribution in [2.45, 2.75) is 45.6 Å². The first-order chi connectivity index (χ1) is 10.2. The zero-order valence-corrected chi connectivity index (χ0v) is 14.0. The van der Waals surface area contributed by atoms with Crippen molar-refractivity contribution in [3.63, 3.8) is 0 Å². The molecule has 2 aromatic rings. The van der Waals surface area contributed by atoms with Crippen molar-refractivity contribution >= 4 is 34.2 Å². The Hall–Kier alpha value is -0.730. The van der Waals surface area contributed by atoms with Gasteiger partial charge in [0.05, 0.1) is 11.0 Å². The molecule has 1 aromatic heterocycles. The lowest BCUT2D eigenvalue weighted by atomic mass is 9.80. The summed E-state index contributed by atoms with van der Waals surface area (Å²) in [4.78, 5) is 4.75. The molecule has 21 heavy (non-hydrogen) atoms. The average molecular weight is 325 g/mol. The number of rotatable bonds is 4. The van der Waals surface area contributed by atoms with Gasteiger partial charge in [-0.25, -0.2) is 4.98 Å². The summed E-state index contributed by atoms with van der Waals surface area (Å²) in [5.41, 5.74) is 2.18. The van der Waals surface area contributed by atoms with E-state index in [1.54, 1.807) is 0 Å². The van der Waals surface area contributed by atoms with Crippen molar-refractivity contribution in [3.8, 4) is 0 Å². The third-order valence-electron chi connectivity index (χ3n) is 4.81. The molecule has 4 heteroatoms. The Kier molecular flexibility index (Phi) is 4.75. The van der Waals surface area contributed by atoms with Crippen LogP contribution in [0.15, 0.2) is 18.2 Å². The molecule has 114 valence electrons. The largest absolute Gasteiger partial charge is 0.328 e. The van der Waals surface area contributed by atoms with E-state index in [-0.39, 0.29) is 0 Å². The van der Waals surface area contributed by atoms with Crippen molar-refractivity contribution in [1.29, 1.82) is 0 Å². The molecule has 1 saturated carbocycles. The second kappa shape index (κ2) is 6.58. The quantitative estimate of drug-likeness (QED) is 0.698. The maximum absolute atomic E-state index is 6.18. The molecule has 1 aliphatic rings. The Morgan fingerprint density at radius 3 is 2.86 bits per heavy atom. The standard InChI is InChI=1S/C17H22Cl2N2/c1-12-4-2-3-5-13(12)11-21-16-10-14(19)6-7-15(16)20-17(21)8-9-18/h6-7,10,12-13H,2-5,8-9,11H2,1H3. The fourth-order valence-electron chi connectivity index (χ4n) is 3.52. The Bertz CT molecular complexity index is 621. The van der Waals surface area contributed by atoms with Gasteiger partial charge in [-0.3, -0.25) is 0 Å². The summed E-state index contributed by atoms with van der Waals surface area (Å²) in [5.74, 6) is 3.24. The van der Waals surface area contributed by atoms with E-state index in [4.69, 9.17) is 28.2 Å². The second-order valence-corrected chi connectivity index (χ2v) is 7.05. The third-order valence-corrected chi connectivity index (χ3v) is 5.24. The molecule has 1 aromatic carbocycles. The van der Waals surface area contributed by atoms with Crippen LogP contribution < -0.4 is 0 Å². The van der Waals surface area contributed by atoms with Crippen molar-refractivity contribution in [3.05, 3.63) is 29.0 Å². The molecule has 1 heterocycles. The van der Waals surface area contributed by atoms with Crippen molar-refractivity contribution in [2.75, 3.05) is 5.88 Å². The van der Waals surface area contributed by atoms with Crippen molar-refractivity contribution in [2.24, 2.45) is 11.8 Å². The predicted octanol–water partition coefficient (Wildman–Crippen LogP) is 5.30. The van der Waals surface area contributed by atoms with Crippen LogP contribution in [0.1, 0.15) is 38.4 Å². The molecule has 2 atom stereocenters. The van der Waals surface area contributed by atoms with E-state index in [2.05, 4.69) is 11.5 Å². The van der Waals surface area contributed by atoms with E-state index in [1.807, 2.05) is 18.2 Å². The maximum Gasteiger partial charge on any atom is 0.111 e. The minimum Gasteiger partial charge on any atom is -0.328 e. The number of aromatic nitrogens is 2. The molecular weight excluding hydrogens is 303 g/mol. The van der Waals surface area contributed by atoms with Gasteiger partial charge in [0.25, 0.3) is 0 Å². The van der Waals surface area contributed by atoms with E-state index in [0.29, 0.717) is 5.88 Å². The molecule has 0 bridgehead atoms. The van der Waals surface area contributed by atoms with Gasteiger partial charge in [-0.05, 0) is 36.5 Å². The van der Waals surface area contributed by atoms with Gasteiger partial charge in [0, 0.05) is 23.9 Å². The summed E-state index contributed by atoms with van der Waals surface area (Å²) in [7, 11) is 0. The van der Waals surface area contributed by atoms with Gasteiger partial charge in [-0.15, -0.1) is 11.6 Å². The van der Waals surface area contributed by atoms with Gasteiger partial charge < -0.3 is 4.57 Å². The minimum atomic E-state index is 0.608. The Morgan fingerprint density at radius 1 is 1.29 bits per heavy atom. The number of benzene rings is 1. The molecule has 0 N–H and O–H groups in total. The van der Waals surface area contributed by atoms with Crippen molar-refractivity contribution in [1.82, 2.24) is 9.55 Å². The number of nitrogens with zero attached hydrogens (tertiary/aromatic N) is 2. The fraction of sp³-hybridized carbons (Fsp3) is 0.588. The molecule has 1 aliphatic carbocycles. The highest BCUT2D eigenvalue weighted by Crippen LogP contribution is 2.32. The molecule has 2 unspecified atom stereocenters. The van der Waals surface area contributed by atoms with Crippen molar-refractivity contribution < 1.29 is 0 Å². The van der Waals surface area contributed by atoms with Gasteiger partial charge >= 0.3 is 0 Å². The lowest BCUT2D eigenvalue weighted by molar-refractivity contribution is 0.229. The zero-order valence-electron chi connectivity index (χ0n) is 12.5. The molecule has 2 nitrogen and oxygen atoms in total. The first-order valence-corrected chi connectivity index (χ1v) is 8.81. The topological polar surface area (TPSA) is 17.8 Å². The highest BCUT2D eigenvalue weighted by Gasteiger charge is 2.23. The van der Waals surface area contributed by atoms with Crippen LogP contribution in [0.5, 0.6) is 0 Å².